The normalized spacial score (nSPS) is 53.0. The number of aliphatic hydroxyl groups is 8. The fourth-order valence-electron chi connectivity index (χ4n) is 11.7. The largest absolute Gasteiger partial charge is 0.393 e. The Bertz CT molecular complexity index is 1220. The summed E-state index contributed by atoms with van der Waals surface area (Å²) in [4.78, 5) is 0. The minimum atomic E-state index is -1.39. The summed E-state index contributed by atoms with van der Waals surface area (Å²) in [5, 5.41) is 88.1. The maximum Gasteiger partial charge on any atom is 0.187 e. The maximum atomic E-state index is 12.6. The van der Waals surface area contributed by atoms with Crippen molar-refractivity contribution in [2.75, 3.05) is 20.3 Å². The van der Waals surface area contributed by atoms with E-state index in [2.05, 4.69) is 26.8 Å². The summed E-state index contributed by atoms with van der Waals surface area (Å²) in [6.07, 6.45) is -3.62. The van der Waals surface area contributed by atoms with Crippen LogP contribution in [0.15, 0.2) is 12.2 Å². The van der Waals surface area contributed by atoms with Crippen molar-refractivity contribution in [2.24, 2.45) is 46.3 Å². The van der Waals surface area contributed by atoms with Gasteiger partial charge < -0.3 is 64.5 Å². The number of hydrogen-bond donors (Lipinski definition) is 8. The van der Waals surface area contributed by atoms with Crippen molar-refractivity contribution in [3.8, 4) is 0 Å². The second-order valence-electron chi connectivity index (χ2n) is 17.7. The van der Waals surface area contributed by atoms with Crippen molar-refractivity contribution >= 4 is 0 Å². The van der Waals surface area contributed by atoms with Gasteiger partial charge in [0.05, 0.1) is 43.2 Å². The van der Waals surface area contributed by atoms with Gasteiger partial charge >= 0.3 is 0 Å². The zero-order valence-electron chi connectivity index (χ0n) is 31.0. The van der Waals surface area contributed by atoms with Crippen LogP contribution in [-0.4, -0.2) is 140 Å². The smallest absolute Gasteiger partial charge is 0.187 e. The lowest BCUT2D eigenvalue weighted by Gasteiger charge is -2.66. The summed E-state index contributed by atoms with van der Waals surface area (Å²) in [5.41, 5.74) is -1.89. The number of rotatable bonds is 9. The van der Waals surface area contributed by atoms with Gasteiger partial charge in [0.15, 0.2) is 12.6 Å². The van der Waals surface area contributed by atoms with Gasteiger partial charge in [0.2, 0.25) is 0 Å². The number of aliphatic hydroxyl groups excluding tert-OH is 7. The minimum absolute atomic E-state index is 0.000856. The van der Waals surface area contributed by atoms with Crippen molar-refractivity contribution in [1.82, 2.24) is 0 Å². The van der Waals surface area contributed by atoms with Gasteiger partial charge in [0.25, 0.3) is 0 Å². The monoisotopic (exact) mass is 728 g/mol. The van der Waals surface area contributed by atoms with Crippen molar-refractivity contribution in [1.29, 1.82) is 0 Å². The molecule has 0 radical (unpaired) electrons. The lowest BCUT2D eigenvalue weighted by atomic mass is 9.42. The Morgan fingerprint density at radius 2 is 1.37 bits per heavy atom. The van der Waals surface area contributed by atoms with E-state index in [1.807, 2.05) is 19.9 Å². The molecule has 6 fully saturated rings. The molecule has 2 aliphatic heterocycles. The quantitative estimate of drug-likeness (QED) is 0.155. The Morgan fingerprint density at radius 3 is 2.02 bits per heavy atom. The maximum absolute atomic E-state index is 12.6. The summed E-state index contributed by atoms with van der Waals surface area (Å²) < 4.78 is 29.2. The number of fused-ring (bicyclic) bond motifs is 5. The van der Waals surface area contributed by atoms with Crippen LogP contribution in [0.4, 0.5) is 0 Å². The molecular weight excluding hydrogens is 664 g/mol. The Kier molecular flexibility index (Phi) is 11.8. The Balaban J connectivity index is 1.17. The lowest BCUT2D eigenvalue weighted by molar-refractivity contribution is -0.349. The van der Waals surface area contributed by atoms with E-state index in [0.29, 0.717) is 19.3 Å². The zero-order valence-corrected chi connectivity index (χ0v) is 31.0. The molecule has 4 saturated carbocycles. The third-order valence-electron chi connectivity index (χ3n) is 14.3. The van der Waals surface area contributed by atoms with Crippen LogP contribution in [0.3, 0.4) is 0 Å². The molecule has 294 valence electrons. The van der Waals surface area contributed by atoms with Gasteiger partial charge in [-0.1, -0.05) is 46.8 Å². The van der Waals surface area contributed by atoms with Gasteiger partial charge in [-0.05, 0) is 78.9 Å². The fraction of sp³-hybridized carbons (Fsp3) is 0.947. The number of allylic oxidation sites excluding steroid dienone is 1. The molecule has 13 heteroatoms. The van der Waals surface area contributed by atoms with Crippen LogP contribution in [0, 0.1) is 46.3 Å². The van der Waals surface area contributed by atoms with Gasteiger partial charge in [0.1, 0.15) is 36.6 Å². The third kappa shape index (κ3) is 7.00. The molecule has 2 heterocycles. The average molecular weight is 729 g/mol. The molecule has 6 aliphatic rings. The molecule has 4 aliphatic carbocycles. The summed E-state index contributed by atoms with van der Waals surface area (Å²) in [6, 6.07) is 0. The highest BCUT2D eigenvalue weighted by molar-refractivity contribution is 5.21. The van der Waals surface area contributed by atoms with E-state index in [9.17, 15) is 40.9 Å². The third-order valence-corrected chi connectivity index (χ3v) is 14.3. The topological polar surface area (TPSA) is 208 Å². The first-order valence-electron chi connectivity index (χ1n) is 19.2. The molecule has 20 atom stereocenters. The molecule has 2 saturated heterocycles. The highest BCUT2D eigenvalue weighted by Gasteiger charge is 2.70. The Hall–Kier alpha value is -0.780. The highest BCUT2D eigenvalue weighted by atomic mass is 16.8. The molecule has 0 spiro atoms. The molecule has 12 unspecified atom stereocenters. The van der Waals surface area contributed by atoms with Crippen LogP contribution in [0.25, 0.3) is 0 Å². The van der Waals surface area contributed by atoms with Gasteiger partial charge in [-0.25, -0.2) is 0 Å². The zero-order chi connectivity index (χ0) is 37.2. The van der Waals surface area contributed by atoms with E-state index in [1.165, 1.54) is 7.11 Å². The van der Waals surface area contributed by atoms with E-state index in [4.69, 9.17) is 23.7 Å². The summed E-state index contributed by atoms with van der Waals surface area (Å²) in [7, 11) is 1.35. The summed E-state index contributed by atoms with van der Waals surface area (Å²) in [5.74, 6) is -0.500. The van der Waals surface area contributed by atoms with Crippen LogP contribution in [0.1, 0.15) is 79.6 Å². The van der Waals surface area contributed by atoms with Crippen molar-refractivity contribution < 1.29 is 64.5 Å². The van der Waals surface area contributed by atoms with E-state index in [0.717, 1.165) is 19.3 Å². The molecule has 0 bridgehead atoms. The van der Waals surface area contributed by atoms with Gasteiger partial charge in [-0.3, -0.25) is 0 Å². The summed E-state index contributed by atoms with van der Waals surface area (Å²) >= 11 is 0. The van der Waals surface area contributed by atoms with Gasteiger partial charge in [0, 0.05) is 19.4 Å². The highest BCUT2D eigenvalue weighted by Crippen LogP contribution is 2.69. The number of methoxy groups -OCH3 is 1. The first kappa shape index (κ1) is 39.9. The lowest BCUT2D eigenvalue weighted by Crippen LogP contribution is -2.68. The van der Waals surface area contributed by atoms with E-state index in [1.54, 1.807) is 0 Å². The second kappa shape index (κ2) is 15.0. The van der Waals surface area contributed by atoms with Gasteiger partial charge in [-0.15, -0.1) is 0 Å². The Labute approximate surface area is 301 Å². The SMILES string of the molecule is COC1C(OC2C(OC(/C=C/[C@@H](C)[C@H]3C[C@@H](O)C4[C@]5(O)C[C@H](O)C6C[C@@H](O)CC[C@]6(C)C5CC[C@@]43C)C(C)C)OCC(O)C2O)OCC(O)C1O. The molecule has 13 nitrogen and oxygen atoms in total. The molecular formula is C38H64O13. The molecule has 0 aromatic rings. The number of hydrogen-bond acceptors (Lipinski definition) is 13. The molecule has 6 rings (SSSR count). The first-order valence-corrected chi connectivity index (χ1v) is 19.2. The molecule has 0 aromatic carbocycles. The van der Waals surface area contributed by atoms with E-state index >= 15 is 0 Å². The van der Waals surface area contributed by atoms with Crippen LogP contribution in [0.2, 0.25) is 0 Å². The molecule has 51 heavy (non-hydrogen) atoms. The number of ether oxygens (including phenoxy) is 5. The second-order valence-corrected chi connectivity index (χ2v) is 17.7. The van der Waals surface area contributed by atoms with E-state index < -0.39 is 79.2 Å². The first-order chi connectivity index (χ1) is 24.0. The minimum Gasteiger partial charge on any atom is -0.393 e. The molecule has 0 amide bonds. The van der Waals surface area contributed by atoms with Crippen LogP contribution in [-0.2, 0) is 23.7 Å². The van der Waals surface area contributed by atoms with Crippen molar-refractivity contribution in [3.05, 3.63) is 12.2 Å². The predicted molar refractivity (Wildman–Crippen MR) is 183 cm³/mol. The Morgan fingerprint density at radius 1 is 0.745 bits per heavy atom. The van der Waals surface area contributed by atoms with Crippen LogP contribution >= 0.6 is 0 Å². The van der Waals surface area contributed by atoms with E-state index in [-0.39, 0.29) is 66.0 Å². The summed E-state index contributed by atoms with van der Waals surface area (Å²) in [6.45, 7) is 10.1. The average Bonchev–Trinajstić information content (AvgIpc) is 3.35. The van der Waals surface area contributed by atoms with Gasteiger partial charge in [-0.2, -0.15) is 0 Å². The molecule has 8 N–H and O–H groups in total. The van der Waals surface area contributed by atoms with Crippen LogP contribution < -0.4 is 0 Å². The fourth-order valence-corrected chi connectivity index (χ4v) is 11.7. The molecule has 0 aromatic heterocycles. The standard InChI is InChI=1S/C38H64O13/c1-18(2)27(50-35-32(30(45)26(43)17-49-35)51-34-31(47-6)29(44)25(42)16-48-34)8-7-19(3)21-14-23(40)33-37(21,5)12-10-28-36(4)11-9-20(39)13-22(36)24(41)15-38(28,33)46/h7-8,18-35,39-46H,9-17H2,1-6H3/b8-7+/t19-,20+,21-,22?,23-,24+,25?,26?,27?,28?,29?,30?,31?,32?,33?,34?,35?,36+,37-,38+/m1/s1. The van der Waals surface area contributed by atoms with Crippen molar-refractivity contribution in [2.45, 2.75) is 159 Å². The van der Waals surface area contributed by atoms with Crippen molar-refractivity contribution in [3.63, 3.8) is 0 Å². The van der Waals surface area contributed by atoms with Crippen LogP contribution in [0.5, 0.6) is 0 Å². The predicted octanol–water partition coefficient (Wildman–Crippen LogP) is 0.853.